The average Bonchev–Trinajstić information content (AvgIpc) is 2.17. The lowest BCUT2D eigenvalue weighted by atomic mass is 10.00. The van der Waals surface area contributed by atoms with E-state index in [9.17, 15) is 14.7 Å². The molecule has 0 spiro atoms. The minimum absolute atomic E-state index is 0.0637. The summed E-state index contributed by atoms with van der Waals surface area (Å²) in [4.78, 5) is 22.0. The number of nitrogen functional groups attached to an aromatic ring is 1. The Morgan fingerprint density at radius 1 is 1.47 bits per heavy atom. The molecule has 0 aliphatic carbocycles. The third-order valence-corrected chi connectivity index (χ3v) is 2.10. The first kappa shape index (κ1) is 11.2. The normalized spacial score (nSPS) is 12.1. The van der Waals surface area contributed by atoms with Crippen molar-refractivity contribution in [2.24, 2.45) is 5.92 Å². The van der Waals surface area contributed by atoms with E-state index in [-0.39, 0.29) is 12.2 Å². The van der Waals surface area contributed by atoms with Crippen LogP contribution in [0.4, 0.5) is 5.69 Å². The highest BCUT2D eigenvalue weighted by Gasteiger charge is 2.11. The summed E-state index contributed by atoms with van der Waals surface area (Å²) in [5.74, 6) is -2.23. The second kappa shape index (κ2) is 4.59. The van der Waals surface area contributed by atoms with Crippen LogP contribution in [0.1, 0.15) is 23.7 Å². The Morgan fingerprint density at radius 3 is 2.67 bits per heavy atom. The van der Waals surface area contributed by atoms with Gasteiger partial charge in [-0.1, -0.05) is 19.1 Å². The average molecular weight is 206 g/mol. The molecule has 0 radical (unpaired) electrons. The van der Waals surface area contributed by atoms with Gasteiger partial charge in [0.15, 0.2) is 5.78 Å². The van der Waals surface area contributed by atoms with Gasteiger partial charge in [0, 0.05) is 29.6 Å². The van der Waals surface area contributed by atoms with Crippen LogP contribution in [-0.4, -0.2) is 11.8 Å². The van der Waals surface area contributed by atoms with Gasteiger partial charge < -0.3 is 15.6 Å². The predicted octanol–water partition coefficient (Wildman–Crippen LogP) is 0.228. The quantitative estimate of drug-likeness (QED) is 0.564. The van der Waals surface area contributed by atoms with Gasteiger partial charge in [-0.2, -0.15) is 0 Å². The molecule has 1 rings (SSSR count). The zero-order valence-electron chi connectivity index (χ0n) is 8.40. The molecule has 0 saturated carbocycles. The van der Waals surface area contributed by atoms with Crippen molar-refractivity contribution in [1.82, 2.24) is 0 Å². The summed E-state index contributed by atoms with van der Waals surface area (Å²) in [7, 11) is 0. The van der Waals surface area contributed by atoms with Crippen LogP contribution in [0.2, 0.25) is 0 Å². The van der Waals surface area contributed by atoms with Crippen LogP contribution in [0.5, 0.6) is 0 Å². The van der Waals surface area contributed by atoms with Gasteiger partial charge in [0.1, 0.15) is 0 Å². The van der Waals surface area contributed by atoms with Crippen LogP contribution in [0, 0.1) is 5.92 Å². The van der Waals surface area contributed by atoms with Gasteiger partial charge >= 0.3 is 0 Å². The van der Waals surface area contributed by atoms with Gasteiger partial charge in [-0.05, 0) is 12.1 Å². The molecule has 15 heavy (non-hydrogen) atoms. The van der Waals surface area contributed by atoms with Crippen molar-refractivity contribution in [1.29, 1.82) is 0 Å². The molecule has 1 aromatic carbocycles. The Morgan fingerprint density at radius 2 is 2.13 bits per heavy atom. The zero-order chi connectivity index (χ0) is 11.4. The molecule has 0 heterocycles. The number of ketones is 1. The van der Waals surface area contributed by atoms with E-state index in [1.807, 2.05) is 0 Å². The summed E-state index contributed by atoms with van der Waals surface area (Å²) in [5, 5.41) is 10.4. The maximum Gasteiger partial charge on any atom is 0.163 e. The number of rotatable bonds is 4. The van der Waals surface area contributed by atoms with Crippen LogP contribution in [0.3, 0.4) is 0 Å². The smallest absolute Gasteiger partial charge is 0.163 e. The van der Waals surface area contributed by atoms with Crippen LogP contribution >= 0.6 is 0 Å². The first-order chi connectivity index (χ1) is 7.00. The van der Waals surface area contributed by atoms with Crippen LogP contribution in [0.25, 0.3) is 0 Å². The maximum atomic E-state index is 11.6. The molecule has 0 fully saturated rings. The van der Waals surface area contributed by atoms with Gasteiger partial charge in [-0.3, -0.25) is 4.79 Å². The number of hydrogen-bond acceptors (Lipinski definition) is 4. The number of Topliss-reactive ketones (excluding diaryl/α,β-unsaturated/α-hetero) is 1. The van der Waals surface area contributed by atoms with Gasteiger partial charge in [0.25, 0.3) is 0 Å². The Hall–Kier alpha value is -1.84. The first-order valence-corrected chi connectivity index (χ1v) is 4.60. The van der Waals surface area contributed by atoms with Gasteiger partial charge in [0.2, 0.25) is 0 Å². The minimum Gasteiger partial charge on any atom is -0.550 e. The fourth-order valence-corrected chi connectivity index (χ4v) is 1.19. The molecular weight excluding hydrogens is 194 g/mol. The van der Waals surface area contributed by atoms with Crippen molar-refractivity contribution in [3.8, 4) is 0 Å². The largest absolute Gasteiger partial charge is 0.550 e. The lowest BCUT2D eigenvalue weighted by molar-refractivity contribution is -0.310. The van der Waals surface area contributed by atoms with Crippen LogP contribution < -0.4 is 10.8 Å². The molecule has 4 heteroatoms. The number of aliphatic carboxylic acids is 1. The number of anilines is 1. The molecule has 0 aliphatic rings. The topological polar surface area (TPSA) is 83.2 Å². The summed E-state index contributed by atoms with van der Waals surface area (Å²) in [6, 6.07) is 6.47. The van der Waals surface area contributed by atoms with E-state index >= 15 is 0 Å². The van der Waals surface area contributed by atoms with Gasteiger partial charge in [0.05, 0.1) is 0 Å². The summed E-state index contributed by atoms with van der Waals surface area (Å²) in [5.41, 5.74) is 6.43. The molecule has 0 aliphatic heterocycles. The second-order valence-corrected chi connectivity index (χ2v) is 3.47. The van der Waals surface area contributed by atoms with Gasteiger partial charge in [-0.25, -0.2) is 0 Å². The number of carbonyl (C=O) groups is 2. The Bertz CT molecular complexity index is 387. The van der Waals surface area contributed by atoms with E-state index in [0.717, 1.165) is 0 Å². The minimum atomic E-state index is -1.22. The number of carboxylic acids is 1. The Labute approximate surface area is 87.7 Å². The SMILES string of the molecule is C[C@H](CC(=O)c1cccc(N)c1)C(=O)[O-]. The summed E-state index contributed by atoms with van der Waals surface area (Å²) >= 11 is 0. The molecule has 0 unspecified atom stereocenters. The van der Waals surface area contributed by atoms with Crippen molar-refractivity contribution >= 4 is 17.4 Å². The highest BCUT2D eigenvalue weighted by Crippen LogP contribution is 2.12. The number of benzene rings is 1. The molecule has 0 amide bonds. The third kappa shape index (κ3) is 3.09. The van der Waals surface area contributed by atoms with E-state index < -0.39 is 11.9 Å². The Balaban J connectivity index is 2.73. The molecule has 0 saturated heterocycles. The fourth-order valence-electron chi connectivity index (χ4n) is 1.19. The van der Waals surface area contributed by atoms with Gasteiger partial charge in [-0.15, -0.1) is 0 Å². The predicted molar refractivity (Wildman–Crippen MR) is 54.0 cm³/mol. The number of carbonyl (C=O) groups excluding carboxylic acids is 2. The van der Waals surface area contributed by atoms with Crippen molar-refractivity contribution in [3.63, 3.8) is 0 Å². The summed E-state index contributed by atoms with van der Waals surface area (Å²) < 4.78 is 0. The zero-order valence-corrected chi connectivity index (χ0v) is 8.40. The Kier molecular flexibility index (Phi) is 3.44. The summed E-state index contributed by atoms with van der Waals surface area (Å²) in [6.07, 6.45) is -0.0637. The van der Waals surface area contributed by atoms with Crippen molar-refractivity contribution in [2.75, 3.05) is 5.73 Å². The summed E-state index contributed by atoms with van der Waals surface area (Å²) in [6.45, 7) is 1.44. The fraction of sp³-hybridized carbons (Fsp3) is 0.273. The highest BCUT2D eigenvalue weighted by molar-refractivity contribution is 5.98. The van der Waals surface area contributed by atoms with E-state index in [1.165, 1.54) is 13.0 Å². The molecule has 2 N–H and O–H groups in total. The number of carboxylic acid groups (broad SMARTS) is 1. The molecule has 1 atom stereocenters. The highest BCUT2D eigenvalue weighted by atomic mass is 16.4. The van der Waals surface area contributed by atoms with E-state index in [0.29, 0.717) is 11.3 Å². The first-order valence-electron chi connectivity index (χ1n) is 4.60. The molecular formula is C11H12NO3-. The number of nitrogens with two attached hydrogens (primary N) is 1. The van der Waals surface area contributed by atoms with E-state index in [1.54, 1.807) is 18.2 Å². The molecule has 80 valence electrons. The molecule has 0 bridgehead atoms. The lowest BCUT2D eigenvalue weighted by Crippen LogP contribution is -2.30. The monoisotopic (exact) mass is 206 g/mol. The van der Waals surface area contributed by atoms with Crippen molar-refractivity contribution in [3.05, 3.63) is 29.8 Å². The molecule has 4 nitrogen and oxygen atoms in total. The maximum absolute atomic E-state index is 11.6. The standard InChI is InChI=1S/C11H13NO3/c1-7(11(14)15)5-10(13)8-3-2-4-9(12)6-8/h2-4,6-7H,5,12H2,1H3,(H,14,15)/p-1/t7-/m1/s1. The van der Waals surface area contributed by atoms with Crippen molar-refractivity contribution < 1.29 is 14.7 Å². The second-order valence-electron chi connectivity index (χ2n) is 3.47. The molecule has 1 aromatic rings. The lowest BCUT2D eigenvalue weighted by Gasteiger charge is -2.11. The van der Waals surface area contributed by atoms with Crippen LogP contribution in [-0.2, 0) is 4.79 Å². The number of hydrogen-bond donors (Lipinski definition) is 1. The molecule has 0 aromatic heterocycles. The van der Waals surface area contributed by atoms with E-state index in [4.69, 9.17) is 5.73 Å². The third-order valence-electron chi connectivity index (χ3n) is 2.10. The van der Waals surface area contributed by atoms with Crippen LogP contribution in [0.15, 0.2) is 24.3 Å². The van der Waals surface area contributed by atoms with Crippen molar-refractivity contribution in [2.45, 2.75) is 13.3 Å². The van der Waals surface area contributed by atoms with E-state index in [2.05, 4.69) is 0 Å².